The average Bonchev–Trinajstić information content (AvgIpc) is 2.58. The van der Waals surface area contributed by atoms with Crippen LogP contribution in [0.5, 0.6) is 0 Å². The predicted molar refractivity (Wildman–Crippen MR) is 96.7 cm³/mol. The number of benzene rings is 2. The van der Waals surface area contributed by atoms with Crippen LogP contribution < -0.4 is 0 Å². The molecule has 0 amide bonds. The van der Waals surface area contributed by atoms with Gasteiger partial charge in [-0.1, -0.05) is 108 Å². The fraction of sp³-hybridized carbons (Fsp3) is 0.524. The molecule has 0 unspecified atom stereocenters. The molecule has 0 heterocycles. The lowest BCUT2D eigenvalue weighted by Gasteiger charge is -2.24. The Morgan fingerprint density at radius 3 is 1.48 bits per heavy atom. The van der Waals surface area contributed by atoms with Gasteiger partial charge in [0, 0.05) is 0 Å². The third-order valence-electron chi connectivity index (χ3n) is 4.37. The van der Waals surface area contributed by atoms with E-state index in [-0.39, 0.29) is 0 Å². The summed E-state index contributed by atoms with van der Waals surface area (Å²) in [6.07, 6.45) is 7.37. The summed E-state index contributed by atoms with van der Waals surface area (Å²) in [5.41, 5.74) is 0. The molecule has 0 nitrogen and oxygen atoms in total. The Hall–Kier alpha value is -1.30. The van der Waals surface area contributed by atoms with Crippen LogP contribution >= 0.6 is 0 Å². The van der Waals surface area contributed by atoms with Crippen LogP contribution in [0.25, 0.3) is 10.8 Å². The lowest BCUT2D eigenvalue weighted by molar-refractivity contribution is 0.284. The molecule has 1 aliphatic rings. The third-order valence-corrected chi connectivity index (χ3v) is 4.37. The van der Waals surface area contributed by atoms with E-state index in [1.165, 1.54) is 42.9 Å². The summed E-state index contributed by atoms with van der Waals surface area (Å²) in [6.45, 7) is 8.70. The van der Waals surface area contributed by atoms with E-state index in [2.05, 4.69) is 62.4 Å². The van der Waals surface area contributed by atoms with Gasteiger partial charge in [0.25, 0.3) is 0 Å². The highest BCUT2D eigenvalue weighted by atomic mass is 14.2. The predicted octanol–water partition coefficient (Wildman–Crippen LogP) is 7.09. The van der Waals surface area contributed by atoms with E-state index in [1.807, 2.05) is 13.8 Å². The van der Waals surface area contributed by atoms with Gasteiger partial charge in [-0.3, -0.25) is 0 Å². The van der Waals surface area contributed by atoms with Crippen molar-refractivity contribution in [1.29, 1.82) is 0 Å². The largest absolute Gasteiger partial charge is 0.0683 e. The zero-order valence-electron chi connectivity index (χ0n) is 14.3. The first-order chi connectivity index (χ1) is 10.3. The highest BCUT2D eigenvalue weighted by Gasteiger charge is 2.15. The quantitative estimate of drug-likeness (QED) is 0.524. The lowest BCUT2D eigenvalue weighted by atomic mass is 9.82. The molecule has 0 N–H and O–H groups in total. The smallest absolute Gasteiger partial charge is 0.0184 e. The second-order valence-corrected chi connectivity index (χ2v) is 5.88. The first-order valence-corrected chi connectivity index (χ1v) is 8.73. The molecular formula is C21H32. The Kier molecular flexibility index (Phi) is 8.82. The third kappa shape index (κ3) is 6.33. The minimum absolute atomic E-state index is 1.02. The Morgan fingerprint density at radius 2 is 1.14 bits per heavy atom. The summed E-state index contributed by atoms with van der Waals surface area (Å²) in [7, 11) is 0. The number of hydrogen-bond donors (Lipinski definition) is 0. The monoisotopic (exact) mass is 284 g/mol. The molecular weight excluding hydrogens is 252 g/mol. The molecule has 0 heteroatoms. The first-order valence-electron chi connectivity index (χ1n) is 8.73. The fourth-order valence-corrected chi connectivity index (χ4v) is 2.87. The zero-order valence-corrected chi connectivity index (χ0v) is 14.3. The van der Waals surface area contributed by atoms with Crippen molar-refractivity contribution in [1.82, 2.24) is 0 Å². The molecule has 1 aliphatic carbocycles. The molecule has 2 aromatic carbocycles. The van der Waals surface area contributed by atoms with Crippen LogP contribution in [0, 0.1) is 11.8 Å². The van der Waals surface area contributed by atoms with Crippen LogP contribution in [0.2, 0.25) is 0 Å². The van der Waals surface area contributed by atoms with Gasteiger partial charge in [-0.2, -0.15) is 0 Å². The Bertz CT molecular complexity index is 413. The van der Waals surface area contributed by atoms with Crippen LogP contribution in [0.1, 0.15) is 59.8 Å². The van der Waals surface area contributed by atoms with Crippen molar-refractivity contribution in [2.75, 3.05) is 0 Å². The highest BCUT2D eigenvalue weighted by Crippen LogP contribution is 2.29. The molecule has 0 saturated heterocycles. The molecule has 0 aromatic heterocycles. The van der Waals surface area contributed by atoms with Gasteiger partial charge >= 0.3 is 0 Å². The molecule has 2 aromatic rings. The van der Waals surface area contributed by atoms with Gasteiger partial charge in [-0.25, -0.2) is 0 Å². The van der Waals surface area contributed by atoms with Crippen LogP contribution in [0.3, 0.4) is 0 Å². The lowest BCUT2D eigenvalue weighted by Crippen LogP contribution is -2.10. The molecule has 1 fully saturated rings. The Labute approximate surface area is 131 Å². The molecule has 116 valence electrons. The van der Waals surface area contributed by atoms with Gasteiger partial charge in [-0.15, -0.1) is 0 Å². The maximum atomic E-state index is 2.38. The number of hydrogen-bond acceptors (Lipinski definition) is 0. The molecule has 1 saturated carbocycles. The summed E-state index contributed by atoms with van der Waals surface area (Å²) in [4.78, 5) is 0. The van der Waals surface area contributed by atoms with Crippen LogP contribution in [-0.4, -0.2) is 0 Å². The first kappa shape index (κ1) is 17.8. The molecule has 0 bridgehead atoms. The topological polar surface area (TPSA) is 0 Å². The molecule has 0 spiro atoms. The summed E-state index contributed by atoms with van der Waals surface area (Å²) >= 11 is 0. The van der Waals surface area contributed by atoms with Crippen molar-refractivity contribution in [3.63, 3.8) is 0 Å². The normalized spacial score (nSPS) is 20.8. The Morgan fingerprint density at radius 1 is 0.762 bits per heavy atom. The number of rotatable bonds is 1. The fourth-order valence-electron chi connectivity index (χ4n) is 2.87. The van der Waals surface area contributed by atoms with Crippen LogP contribution in [0.4, 0.5) is 0 Å². The van der Waals surface area contributed by atoms with Gasteiger partial charge in [0.2, 0.25) is 0 Å². The van der Waals surface area contributed by atoms with Crippen LogP contribution in [0.15, 0.2) is 48.5 Å². The molecule has 0 atom stereocenters. The van der Waals surface area contributed by atoms with Crippen molar-refractivity contribution in [3.05, 3.63) is 48.5 Å². The van der Waals surface area contributed by atoms with E-state index in [0.717, 1.165) is 11.8 Å². The van der Waals surface area contributed by atoms with Gasteiger partial charge in [0.15, 0.2) is 0 Å². The maximum Gasteiger partial charge on any atom is -0.0184 e. The molecule has 21 heavy (non-hydrogen) atoms. The second-order valence-electron chi connectivity index (χ2n) is 5.88. The standard InChI is InChI=1S/C10H8.C9H18.C2H6/c1-2-6-10-8-4-3-7-9(10)5-1;1-3-9-6-4-8(2)5-7-9;1-2/h1-8H;8-9H,3-7H2,1-2H3;1-2H3. The zero-order chi connectivity index (χ0) is 15.5. The highest BCUT2D eigenvalue weighted by molar-refractivity contribution is 5.81. The maximum absolute atomic E-state index is 2.38. The van der Waals surface area contributed by atoms with Crippen molar-refractivity contribution in [2.24, 2.45) is 11.8 Å². The summed E-state index contributed by atoms with van der Waals surface area (Å²) in [6, 6.07) is 16.7. The summed E-state index contributed by atoms with van der Waals surface area (Å²) in [5, 5.41) is 2.62. The summed E-state index contributed by atoms with van der Waals surface area (Å²) < 4.78 is 0. The molecule has 3 rings (SSSR count). The second kappa shape index (κ2) is 10.4. The summed E-state index contributed by atoms with van der Waals surface area (Å²) in [5.74, 6) is 2.09. The van der Waals surface area contributed by atoms with Crippen LogP contribution in [-0.2, 0) is 0 Å². The van der Waals surface area contributed by atoms with Gasteiger partial charge < -0.3 is 0 Å². The minimum Gasteiger partial charge on any atom is -0.0683 e. The minimum atomic E-state index is 1.02. The van der Waals surface area contributed by atoms with Crippen molar-refractivity contribution in [3.8, 4) is 0 Å². The molecule has 0 aliphatic heterocycles. The number of fused-ring (bicyclic) bond motifs is 1. The molecule has 0 radical (unpaired) electrons. The van der Waals surface area contributed by atoms with E-state index >= 15 is 0 Å². The average molecular weight is 284 g/mol. The van der Waals surface area contributed by atoms with Gasteiger partial charge in [0.05, 0.1) is 0 Å². The van der Waals surface area contributed by atoms with E-state index < -0.39 is 0 Å². The van der Waals surface area contributed by atoms with E-state index in [9.17, 15) is 0 Å². The van der Waals surface area contributed by atoms with Crippen molar-refractivity contribution < 1.29 is 0 Å². The van der Waals surface area contributed by atoms with E-state index in [1.54, 1.807) is 0 Å². The Balaban J connectivity index is 0.000000189. The van der Waals surface area contributed by atoms with Gasteiger partial charge in [0.1, 0.15) is 0 Å². The van der Waals surface area contributed by atoms with E-state index in [0.29, 0.717) is 0 Å². The van der Waals surface area contributed by atoms with E-state index in [4.69, 9.17) is 0 Å². The van der Waals surface area contributed by atoms with Crippen molar-refractivity contribution in [2.45, 2.75) is 59.8 Å². The van der Waals surface area contributed by atoms with Crippen molar-refractivity contribution >= 4 is 10.8 Å². The SMILES string of the molecule is CC.CCC1CCC(C)CC1.c1ccc2ccccc2c1. The van der Waals surface area contributed by atoms with Gasteiger partial charge in [-0.05, 0) is 22.6 Å².